The molecule has 0 spiro atoms. The molecule has 5 heteroatoms. The van der Waals surface area contributed by atoms with E-state index in [1.54, 1.807) is 0 Å². The Bertz CT molecular complexity index is 2900. The Morgan fingerprint density at radius 1 is 0.288 bits per heavy atom. The molecule has 3 aromatic heterocycles. The summed E-state index contributed by atoms with van der Waals surface area (Å²) < 4.78 is 0. The van der Waals surface area contributed by atoms with Gasteiger partial charge >= 0.3 is 0 Å². The molecule has 52 heavy (non-hydrogen) atoms. The van der Waals surface area contributed by atoms with Gasteiger partial charge in [0.05, 0.1) is 16.7 Å². The van der Waals surface area contributed by atoms with Gasteiger partial charge < -0.3 is 0 Å². The van der Waals surface area contributed by atoms with E-state index in [0.29, 0.717) is 23.2 Å². The highest BCUT2D eigenvalue weighted by molar-refractivity contribution is 6.14. The lowest BCUT2D eigenvalue weighted by Gasteiger charge is -2.11. The zero-order valence-electron chi connectivity index (χ0n) is 28.0. The fourth-order valence-electron chi connectivity index (χ4n) is 7.06. The molecule has 0 bridgehead atoms. The maximum absolute atomic E-state index is 5.23. The van der Waals surface area contributed by atoms with Crippen LogP contribution < -0.4 is 0 Å². The second kappa shape index (κ2) is 12.3. The monoisotopic (exact) mass is 663 g/mol. The molecule has 0 radical (unpaired) electrons. The van der Waals surface area contributed by atoms with Crippen LogP contribution in [-0.2, 0) is 0 Å². The quantitative estimate of drug-likeness (QED) is 0.171. The lowest BCUT2D eigenvalue weighted by molar-refractivity contribution is 1.06. The minimum absolute atomic E-state index is 0.531. The summed E-state index contributed by atoms with van der Waals surface area (Å²) in [6.07, 6.45) is 0. The van der Waals surface area contributed by atoms with E-state index in [1.807, 2.05) is 66.7 Å². The van der Waals surface area contributed by atoms with Gasteiger partial charge in [-0.3, -0.25) is 0 Å². The molecule has 0 fully saturated rings. The average molecular weight is 664 g/mol. The van der Waals surface area contributed by atoms with Crippen molar-refractivity contribution >= 4 is 43.4 Å². The minimum Gasteiger partial charge on any atom is -0.248 e. The third-order valence-electron chi connectivity index (χ3n) is 9.69. The molecule has 10 aromatic rings. The van der Waals surface area contributed by atoms with Crippen LogP contribution in [0.4, 0.5) is 0 Å². The molecule has 10 rings (SSSR count). The fourth-order valence-corrected chi connectivity index (χ4v) is 7.06. The summed E-state index contributed by atoms with van der Waals surface area (Å²) in [6, 6.07) is 60.7. The molecule has 0 saturated carbocycles. The van der Waals surface area contributed by atoms with Crippen LogP contribution in [0.25, 0.3) is 100 Å². The van der Waals surface area contributed by atoms with Gasteiger partial charge in [0, 0.05) is 27.5 Å². The van der Waals surface area contributed by atoms with Crippen LogP contribution >= 0.6 is 0 Å². The summed E-state index contributed by atoms with van der Waals surface area (Å²) in [7, 11) is 0. The standard InChI is InChI=1S/C47H29N5/c1-3-11-34(12-4-1)45-50-46(35-13-5-2-6-14-35)52-47(51-45)41-27-25-32-20-23-37(29-43(32)49-41)36-22-19-31-24-26-40(48-42(31)28-36)39-17-9-15-33-21-18-30-10-7-8-16-38(30)44(33)39/h1-29H. The van der Waals surface area contributed by atoms with Gasteiger partial charge in [0.15, 0.2) is 17.5 Å². The van der Waals surface area contributed by atoms with Crippen LogP contribution in [0.5, 0.6) is 0 Å². The molecule has 5 nitrogen and oxygen atoms in total. The van der Waals surface area contributed by atoms with Crippen molar-refractivity contribution in [3.05, 3.63) is 176 Å². The van der Waals surface area contributed by atoms with Gasteiger partial charge in [-0.15, -0.1) is 0 Å². The van der Waals surface area contributed by atoms with Gasteiger partial charge in [0.1, 0.15) is 5.69 Å². The van der Waals surface area contributed by atoms with Crippen molar-refractivity contribution in [1.82, 2.24) is 24.9 Å². The topological polar surface area (TPSA) is 64.5 Å². The number of benzene rings is 7. The predicted octanol–water partition coefficient (Wildman–Crippen LogP) is 11.6. The highest BCUT2D eigenvalue weighted by atomic mass is 15.0. The Morgan fingerprint density at radius 2 is 0.788 bits per heavy atom. The number of rotatable bonds is 5. The smallest absolute Gasteiger partial charge is 0.182 e. The molecule has 0 aliphatic rings. The Kier molecular flexibility index (Phi) is 7.07. The van der Waals surface area contributed by atoms with Crippen LogP contribution in [0.2, 0.25) is 0 Å². The van der Waals surface area contributed by atoms with Crippen LogP contribution in [0.3, 0.4) is 0 Å². The van der Waals surface area contributed by atoms with E-state index in [1.165, 1.54) is 21.5 Å². The van der Waals surface area contributed by atoms with Crippen LogP contribution in [-0.4, -0.2) is 24.9 Å². The third kappa shape index (κ3) is 5.32. The van der Waals surface area contributed by atoms with Gasteiger partial charge in [-0.1, -0.05) is 152 Å². The maximum Gasteiger partial charge on any atom is 0.182 e. The Balaban J connectivity index is 1.06. The number of pyridine rings is 2. The average Bonchev–Trinajstić information content (AvgIpc) is 3.23. The normalized spacial score (nSPS) is 11.5. The zero-order valence-corrected chi connectivity index (χ0v) is 28.0. The molecular weight excluding hydrogens is 635 g/mol. The van der Waals surface area contributed by atoms with E-state index in [0.717, 1.165) is 55.3 Å². The maximum atomic E-state index is 5.23. The van der Waals surface area contributed by atoms with Gasteiger partial charge in [0.25, 0.3) is 0 Å². The van der Waals surface area contributed by atoms with Gasteiger partial charge in [0.2, 0.25) is 0 Å². The first kappa shape index (κ1) is 29.8. The summed E-state index contributed by atoms with van der Waals surface area (Å²) in [5, 5.41) is 7.03. The van der Waals surface area contributed by atoms with Crippen molar-refractivity contribution in [2.24, 2.45) is 0 Å². The second-order valence-electron chi connectivity index (χ2n) is 12.9. The lowest BCUT2D eigenvalue weighted by Crippen LogP contribution is -2.01. The van der Waals surface area contributed by atoms with Gasteiger partial charge in [-0.2, -0.15) is 0 Å². The third-order valence-corrected chi connectivity index (χ3v) is 9.69. The number of hydrogen-bond acceptors (Lipinski definition) is 5. The Labute approximate surface area is 300 Å². The molecule has 0 aliphatic heterocycles. The summed E-state index contributed by atoms with van der Waals surface area (Å²) >= 11 is 0. The van der Waals surface area contributed by atoms with E-state index in [-0.39, 0.29) is 0 Å². The second-order valence-corrected chi connectivity index (χ2v) is 12.9. The predicted molar refractivity (Wildman–Crippen MR) is 213 cm³/mol. The van der Waals surface area contributed by atoms with Crippen molar-refractivity contribution in [3.63, 3.8) is 0 Å². The molecule has 0 saturated heterocycles. The first-order chi connectivity index (χ1) is 25.7. The molecule has 0 amide bonds. The molecule has 242 valence electrons. The first-order valence-corrected chi connectivity index (χ1v) is 17.3. The first-order valence-electron chi connectivity index (χ1n) is 17.3. The van der Waals surface area contributed by atoms with E-state index in [9.17, 15) is 0 Å². The molecule has 0 aliphatic carbocycles. The molecular formula is C47H29N5. The van der Waals surface area contributed by atoms with Gasteiger partial charge in [-0.05, 0) is 56.9 Å². The highest BCUT2D eigenvalue weighted by Gasteiger charge is 2.15. The number of nitrogens with zero attached hydrogens (tertiary/aromatic N) is 5. The number of fused-ring (bicyclic) bond motifs is 5. The Hall–Kier alpha value is -7.11. The largest absolute Gasteiger partial charge is 0.248 e. The van der Waals surface area contributed by atoms with Crippen molar-refractivity contribution in [2.75, 3.05) is 0 Å². The van der Waals surface area contributed by atoms with Crippen molar-refractivity contribution in [2.45, 2.75) is 0 Å². The van der Waals surface area contributed by atoms with Crippen LogP contribution in [0.15, 0.2) is 176 Å². The minimum atomic E-state index is 0.531. The van der Waals surface area contributed by atoms with E-state index < -0.39 is 0 Å². The molecule has 0 atom stereocenters. The Morgan fingerprint density at radius 3 is 1.46 bits per heavy atom. The molecule has 0 N–H and O–H groups in total. The molecule has 0 unspecified atom stereocenters. The summed E-state index contributed by atoms with van der Waals surface area (Å²) in [6.45, 7) is 0. The number of aromatic nitrogens is 5. The summed E-state index contributed by atoms with van der Waals surface area (Å²) in [5.74, 6) is 1.75. The van der Waals surface area contributed by atoms with Gasteiger partial charge in [-0.25, -0.2) is 24.9 Å². The molecule has 3 heterocycles. The highest BCUT2D eigenvalue weighted by Crippen LogP contribution is 2.35. The van der Waals surface area contributed by atoms with Crippen LogP contribution in [0.1, 0.15) is 0 Å². The summed E-state index contributed by atoms with van der Waals surface area (Å²) in [5.41, 5.74) is 8.58. The SMILES string of the molecule is c1ccc(-c2nc(-c3ccccc3)nc(-c3ccc4ccc(-c5ccc6ccc(-c7cccc8ccc9ccccc9c78)nc6c5)cc4n3)n2)cc1. The van der Waals surface area contributed by atoms with E-state index in [2.05, 4.69) is 109 Å². The van der Waals surface area contributed by atoms with Crippen molar-refractivity contribution in [3.8, 4) is 56.7 Å². The number of hydrogen-bond donors (Lipinski definition) is 0. The molecule has 7 aromatic carbocycles. The summed E-state index contributed by atoms with van der Waals surface area (Å²) in [4.78, 5) is 25.0. The fraction of sp³-hybridized carbons (Fsp3) is 0. The van der Waals surface area contributed by atoms with E-state index in [4.69, 9.17) is 24.9 Å². The zero-order chi connectivity index (χ0) is 34.4. The van der Waals surface area contributed by atoms with Crippen molar-refractivity contribution < 1.29 is 0 Å². The van der Waals surface area contributed by atoms with E-state index >= 15 is 0 Å². The van der Waals surface area contributed by atoms with Crippen LogP contribution in [0, 0.1) is 0 Å². The lowest BCUT2D eigenvalue weighted by atomic mass is 9.95. The van der Waals surface area contributed by atoms with Crippen molar-refractivity contribution in [1.29, 1.82) is 0 Å².